The number of fused-ring (bicyclic) bond motifs is 1. The lowest BCUT2D eigenvalue weighted by atomic mass is 9.96. The van der Waals surface area contributed by atoms with Gasteiger partial charge in [0.2, 0.25) is 0 Å². The average molecular weight is 363 g/mol. The molecular weight excluding hydrogens is 342 g/mol. The van der Waals surface area contributed by atoms with E-state index in [1.54, 1.807) is 19.5 Å². The Balaban J connectivity index is 1.42. The lowest BCUT2D eigenvalue weighted by Crippen LogP contribution is -2.35. The Morgan fingerprint density at radius 2 is 2.22 bits per heavy atom. The van der Waals surface area contributed by atoms with Crippen molar-refractivity contribution in [1.82, 2.24) is 15.3 Å². The Hall–Kier alpha value is -3.28. The van der Waals surface area contributed by atoms with E-state index < -0.39 is 0 Å². The third-order valence-corrected chi connectivity index (χ3v) is 4.73. The van der Waals surface area contributed by atoms with Crippen molar-refractivity contribution in [3.05, 3.63) is 66.0 Å². The predicted molar refractivity (Wildman–Crippen MR) is 102 cm³/mol. The molecule has 1 atom stereocenters. The molecular formula is C21H21N3O3. The zero-order valence-corrected chi connectivity index (χ0v) is 15.1. The van der Waals surface area contributed by atoms with Gasteiger partial charge in [-0.25, -0.2) is 4.98 Å². The number of benzene rings is 2. The normalized spacial score (nSPS) is 15.5. The van der Waals surface area contributed by atoms with Crippen LogP contribution in [0.3, 0.4) is 0 Å². The van der Waals surface area contributed by atoms with E-state index in [0.29, 0.717) is 24.5 Å². The maximum atomic E-state index is 12.7. The van der Waals surface area contributed by atoms with Gasteiger partial charge < -0.3 is 19.8 Å². The first-order chi connectivity index (χ1) is 13.2. The first kappa shape index (κ1) is 17.1. The Bertz CT molecular complexity index is 938. The summed E-state index contributed by atoms with van der Waals surface area (Å²) in [7, 11) is 1.64. The number of aromatic nitrogens is 2. The first-order valence-electron chi connectivity index (χ1n) is 8.91. The molecule has 0 saturated heterocycles. The molecule has 0 spiro atoms. The largest absolute Gasteiger partial charge is 0.497 e. The van der Waals surface area contributed by atoms with Crippen LogP contribution in [-0.4, -0.2) is 36.1 Å². The fourth-order valence-corrected chi connectivity index (χ4v) is 3.31. The molecule has 0 unspecified atom stereocenters. The topological polar surface area (TPSA) is 76.2 Å². The van der Waals surface area contributed by atoms with Crippen molar-refractivity contribution in [2.75, 3.05) is 20.3 Å². The quantitative estimate of drug-likeness (QED) is 0.730. The van der Waals surface area contributed by atoms with Crippen molar-refractivity contribution in [1.29, 1.82) is 0 Å². The summed E-state index contributed by atoms with van der Waals surface area (Å²) < 4.78 is 11.1. The number of carbonyl (C=O) groups is 1. The third kappa shape index (κ3) is 3.65. The molecule has 2 heterocycles. The standard InChI is InChI=1S/C21H21N3O3/c1-26-16-7-6-15-10-14(13-27-19(15)11-16)12-24-21(25)18-5-3-2-4-17(18)20-22-8-9-23-20/h2-9,11,14H,10,12-13H2,1H3,(H,22,23)(H,24,25)/t14-/m1/s1. The second-order valence-corrected chi connectivity index (χ2v) is 6.55. The van der Waals surface area contributed by atoms with Gasteiger partial charge in [-0.15, -0.1) is 0 Å². The van der Waals surface area contributed by atoms with Crippen molar-refractivity contribution < 1.29 is 14.3 Å². The molecule has 0 radical (unpaired) electrons. The summed E-state index contributed by atoms with van der Waals surface area (Å²) >= 11 is 0. The highest BCUT2D eigenvalue weighted by atomic mass is 16.5. The molecule has 4 rings (SSSR count). The fraction of sp³-hybridized carbons (Fsp3) is 0.238. The van der Waals surface area contributed by atoms with Crippen LogP contribution >= 0.6 is 0 Å². The van der Waals surface area contributed by atoms with Gasteiger partial charge in [-0.3, -0.25) is 4.79 Å². The molecule has 6 heteroatoms. The highest BCUT2D eigenvalue weighted by molar-refractivity contribution is 6.00. The van der Waals surface area contributed by atoms with Gasteiger partial charge in [0.25, 0.3) is 5.91 Å². The number of amides is 1. The Morgan fingerprint density at radius 1 is 1.33 bits per heavy atom. The second-order valence-electron chi connectivity index (χ2n) is 6.55. The second kappa shape index (κ2) is 7.53. The number of H-pyrrole nitrogens is 1. The molecule has 1 aromatic heterocycles. The Kier molecular flexibility index (Phi) is 4.78. The van der Waals surface area contributed by atoms with Crippen LogP contribution in [0.5, 0.6) is 11.5 Å². The van der Waals surface area contributed by atoms with E-state index in [2.05, 4.69) is 15.3 Å². The van der Waals surface area contributed by atoms with E-state index >= 15 is 0 Å². The van der Waals surface area contributed by atoms with E-state index in [0.717, 1.165) is 29.0 Å². The van der Waals surface area contributed by atoms with Crippen LogP contribution in [0.2, 0.25) is 0 Å². The van der Waals surface area contributed by atoms with Crippen LogP contribution in [0.25, 0.3) is 11.4 Å². The van der Waals surface area contributed by atoms with Crippen LogP contribution in [0.4, 0.5) is 0 Å². The summed E-state index contributed by atoms with van der Waals surface area (Å²) in [4.78, 5) is 20.0. The number of hydrogen-bond acceptors (Lipinski definition) is 4. The maximum absolute atomic E-state index is 12.7. The van der Waals surface area contributed by atoms with Crippen molar-refractivity contribution in [2.45, 2.75) is 6.42 Å². The average Bonchev–Trinajstić information content (AvgIpc) is 3.26. The molecule has 0 saturated carbocycles. The van der Waals surface area contributed by atoms with E-state index in [4.69, 9.17) is 9.47 Å². The molecule has 2 aromatic carbocycles. The van der Waals surface area contributed by atoms with Gasteiger partial charge in [-0.2, -0.15) is 0 Å². The van der Waals surface area contributed by atoms with Gasteiger partial charge in [0.15, 0.2) is 0 Å². The smallest absolute Gasteiger partial charge is 0.252 e. The molecule has 0 aliphatic carbocycles. The van der Waals surface area contributed by atoms with Gasteiger partial charge >= 0.3 is 0 Å². The number of carbonyl (C=O) groups excluding carboxylic acids is 1. The van der Waals surface area contributed by atoms with E-state index in [9.17, 15) is 4.79 Å². The number of ether oxygens (including phenoxy) is 2. The summed E-state index contributed by atoms with van der Waals surface area (Å²) in [5.74, 6) is 2.45. The number of imidazole rings is 1. The van der Waals surface area contributed by atoms with Gasteiger partial charge in [0.05, 0.1) is 19.3 Å². The van der Waals surface area contributed by atoms with Crippen LogP contribution < -0.4 is 14.8 Å². The number of rotatable bonds is 5. The van der Waals surface area contributed by atoms with Crippen LogP contribution in [0.15, 0.2) is 54.9 Å². The highest BCUT2D eigenvalue weighted by Crippen LogP contribution is 2.30. The van der Waals surface area contributed by atoms with Gasteiger partial charge in [-0.1, -0.05) is 24.3 Å². The molecule has 2 N–H and O–H groups in total. The lowest BCUT2D eigenvalue weighted by molar-refractivity contribution is 0.0939. The number of methoxy groups -OCH3 is 1. The fourth-order valence-electron chi connectivity index (χ4n) is 3.31. The SMILES string of the molecule is COc1ccc2c(c1)OC[C@@H](CNC(=O)c1ccccc1-c1ncc[nH]1)C2. The Labute approximate surface area is 157 Å². The zero-order valence-electron chi connectivity index (χ0n) is 15.1. The van der Waals surface area contributed by atoms with Gasteiger partial charge in [0, 0.05) is 36.5 Å². The first-order valence-corrected chi connectivity index (χ1v) is 8.91. The molecule has 0 bridgehead atoms. The summed E-state index contributed by atoms with van der Waals surface area (Å²) in [6, 6.07) is 13.3. The summed E-state index contributed by atoms with van der Waals surface area (Å²) in [6.07, 6.45) is 4.28. The monoisotopic (exact) mass is 363 g/mol. The minimum atomic E-state index is -0.109. The summed E-state index contributed by atoms with van der Waals surface area (Å²) in [5, 5.41) is 3.04. The van der Waals surface area contributed by atoms with Crippen molar-refractivity contribution in [3.63, 3.8) is 0 Å². The minimum Gasteiger partial charge on any atom is -0.497 e. The number of aromatic amines is 1. The Morgan fingerprint density at radius 3 is 3.04 bits per heavy atom. The molecule has 1 aliphatic heterocycles. The summed E-state index contributed by atoms with van der Waals surface area (Å²) in [5.41, 5.74) is 2.53. The maximum Gasteiger partial charge on any atom is 0.252 e. The third-order valence-electron chi connectivity index (χ3n) is 4.73. The predicted octanol–water partition coefficient (Wildman–Crippen LogP) is 3.07. The molecule has 27 heavy (non-hydrogen) atoms. The van der Waals surface area contributed by atoms with E-state index in [1.807, 2.05) is 42.5 Å². The molecule has 6 nitrogen and oxygen atoms in total. The molecule has 138 valence electrons. The van der Waals surface area contributed by atoms with Crippen LogP contribution in [0, 0.1) is 5.92 Å². The molecule has 3 aromatic rings. The van der Waals surface area contributed by atoms with Crippen molar-refractivity contribution in [2.24, 2.45) is 5.92 Å². The minimum absolute atomic E-state index is 0.109. The van der Waals surface area contributed by atoms with Gasteiger partial charge in [-0.05, 0) is 24.1 Å². The van der Waals surface area contributed by atoms with Crippen molar-refractivity contribution in [3.8, 4) is 22.9 Å². The summed E-state index contributed by atoms with van der Waals surface area (Å²) in [6.45, 7) is 1.12. The van der Waals surface area contributed by atoms with Crippen LogP contribution in [0.1, 0.15) is 15.9 Å². The number of hydrogen-bond donors (Lipinski definition) is 2. The number of nitrogens with one attached hydrogen (secondary N) is 2. The molecule has 1 aliphatic rings. The van der Waals surface area contributed by atoms with Crippen LogP contribution in [-0.2, 0) is 6.42 Å². The van der Waals surface area contributed by atoms with E-state index in [-0.39, 0.29) is 11.8 Å². The lowest BCUT2D eigenvalue weighted by Gasteiger charge is -2.26. The molecule has 1 amide bonds. The molecule has 0 fully saturated rings. The van der Waals surface area contributed by atoms with Gasteiger partial charge in [0.1, 0.15) is 17.3 Å². The number of nitrogens with zero attached hydrogens (tertiary/aromatic N) is 1. The highest BCUT2D eigenvalue weighted by Gasteiger charge is 2.22. The van der Waals surface area contributed by atoms with E-state index in [1.165, 1.54) is 0 Å². The van der Waals surface area contributed by atoms with Crippen molar-refractivity contribution >= 4 is 5.91 Å². The zero-order chi connectivity index (χ0) is 18.6.